The van der Waals surface area contributed by atoms with E-state index in [0.717, 1.165) is 10.0 Å². The van der Waals surface area contributed by atoms with Crippen LogP contribution in [0.25, 0.3) is 0 Å². The smallest absolute Gasteiger partial charge is 0.255 e. The first kappa shape index (κ1) is 14.5. The summed E-state index contributed by atoms with van der Waals surface area (Å²) >= 11 is 3.45. The molecule has 4 nitrogen and oxygen atoms in total. The first-order valence-electron chi connectivity index (χ1n) is 6.17. The molecule has 0 bridgehead atoms. The van der Waals surface area contributed by atoms with Gasteiger partial charge >= 0.3 is 0 Å². The van der Waals surface area contributed by atoms with Gasteiger partial charge in [0.2, 0.25) is 0 Å². The molecular formula is C14H18BrNO3. The SMILES string of the molecule is COC1CN(C(=O)c2ccc(C)cc2Br)CC1OC. The van der Waals surface area contributed by atoms with Crippen LogP contribution in [-0.2, 0) is 9.47 Å². The Morgan fingerprint density at radius 3 is 2.32 bits per heavy atom. The van der Waals surface area contributed by atoms with Gasteiger partial charge in [-0.3, -0.25) is 4.79 Å². The minimum Gasteiger partial charge on any atom is -0.377 e. The summed E-state index contributed by atoms with van der Waals surface area (Å²) in [6.45, 7) is 3.12. The first-order valence-corrected chi connectivity index (χ1v) is 6.97. The van der Waals surface area contributed by atoms with Crippen molar-refractivity contribution in [1.29, 1.82) is 0 Å². The van der Waals surface area contributed by atoms with Crippen LogP contribution in [0.1, 0.15) is 15.9 Å². The lowest BCUT2D eigenvalue weighted by Gasteiger charge is -2.17. The van der Waals surface area contributed by atoms with Gasteiger partial charge in [-0.2, -0.15) is 0 Å². The van der Waals surface area contributed by atoms with Gasteiger partial charge in [0.15, 0.2) is 0 Å². The number of nitrogens with zero attached hydrogens (tertiary/aromatic N) is 1. The number of halogens is 1. The average molecular weight is 328 g/mol. The molecular weight excluding hydrogens is 310 g/mol. The molecule has 1 aromatic rings. The Balaban J connectivity index is 2.17. The lowest BCUT2D eigenvalue weighted by molar-refractivity contribution is -0.00461. The molecule has 0 aliphatic carbocycles. The van der Waals surface area contributed by atoms with Gasteiger partial charge in [0.05, 0.1) is 5.56 Å². The quantitative estimate of drug-likeness (QED) is 0.854. The predicted octanol–water partition coefficient (Wildman–Crippen LogP) is 2.24. The van der Waals surface area contributed by atoms with E-state index in [-0.39, 0.29) is 18.1 Å². The third-order valence-corrected chi connectivity index (χ3v) is 4.12. The van der Waals surface area contributed by atoms with E-state index in [9.17, 15) is 4.79 Å². The van der Waals surface area contributed by atoms with E-state index in [2.05, 4.69) is 15.9 Å². The van der Waals surface area contributed by atoms with Crippen LogP contribution in [0.5, 0.6) is 0 Å². The fourth-order valence-corrected chi connectivity index (χ4v) is 2.99. The first-order chi connectivity index (χ1) is 9.06. The fraction of sp³-hybridized carbons (Fsp3) is 0.500. The minimum atomic E-state index is -0.0572. The van der Waals surface area contributed by atoms with Crippen molar-refractivity contribution in [3.8, 4) is 0 Å². The summed E-state index contributed by atoms with van der Waals surface area (Å²) in [4.78, 5) is 14.3. The van der Waals surface area contributed by atoms with Crippen LogP contribution in [-0.4, -0.2) is 50.3 Å². The third kappa shape index (κ3) is 2.99. The summed E-state index contributed by atoms with van der Waals surface area (Å²) in [5.41, 5.74) is 1.80. The molecule has 2 rings (SSSR count). The molecule has 0 N–H and O–H groups in total. The number of carbonyl (C=O) groups excluding carboxylic acids is 1. The van der Waals surface area contributed by atoms with Gasteiger partial charge in [-0.1, -0.05) is 6.07 Å². The van der Waals surface area contributed by atoms with E-state index in [0.29, 0.717) is 18.7 Å². The summed E-state index contributed by atoms with van der Waals surface area (Å²) in [6, 6.07) is 5.74. The number of hydrogen-bond donors (Lipinski definition) is 0. The van der Waals surface area contributed by atoms with Gasteiger partial charge < -0.3 is 14.4 Å². The topological polar surface area (TPSA) is 38.8 Å². The molecule has 0 spiro atoms. The zero-order chi connectivity index (χ0) is 14.0. The summed E-state index contributed by atoms with van der Waals surface area (Å²) < 4.78 is 11.5. The molecule has 1 saturated heterocycles. The van der Waals surface area contributed by atoms with Crippen molar-refractivity contribution in [1.82, 2.24) is 4.90 Å². The maximum atomic E-state index is 12.5. The summed E-state index contributed by atoms with van der Waals surface area (Å²) in [5, 5.41) is 0. The zero-order valence-electron chi connectivity index (χ0n) is 11.4. The Hall–Kier alpha value is -0.910. The molecule has 1 amide bonds. The van der Waals surface area contributed by atoms with Gasteiger partial charge in [0, 0.05) is 31.8 Å². The molecule has 1 heterocycles. The summed E-state index contributed by atoms with van der Waals surface area (Å²) in [5.74, 6) is 0.00785. The van der Waals surface area contributed by atoms with Gasteiger partial charge in [0.25, 0.3) is 5.91 Å². The number of amides is 1. The molecule has 5 heteroatoms. The second kappa shape index (κ2) is 6.03. The van der Waals surface area contributed by atoms with E-state index in [1.807, 2.05) is 25.1 Å². The van der Waals surface area contributed by atoms with Gasteiger partial charge in [-0.25, -0.2) is 0 Å². The highest BCUT2D eigenvalue weighted by Gasteiger charge is 2.36. The van der Waals surface area contributed by atoms with Crippen LogP contribution < -0.4 is 0 Å². The molecule has 1 fully saturated rings. The number of benzene rings is 1. The van der Waals surface area contributed by atoms with Gasteiger partial charge in [-0.05, 0) is 40.5 Å². The van der Waals surface area contributed by atoms with Crippen molar-refractivity contribution >= 4 is 21.8 Å². The minimum absolute atomic E-state index is 0.00785. The van der Waals surface area contributed by atoms with Crippen molar-refractivity contribution in [2.75, 3.05) is 27.3 Å². The molecule has 1 aliphatic rings. The second-order valence-corrected chi connectivity index (χ2v) is 5.60. The largest absolute Gasteiger partial charge is 0.377 e. The fourth-order valence-electron chi connectivity index (χ4n) is 2.33. The number of methoxy groups -OCH3 is 2. The van der Waals surface area contributed by atoms with Crippen LogP contribution in [0.2, 0.25) is 0 Å². The lowest BCUT2D eigenvalue weighted by atomic mass is 10.1. The van der Waals surface area contributed by atoms with Crippen molar-refractivity contribution in [3.63, 3.8) is 0 Å². The Morgan fingerprint density at radius 2 is 1.84 bits per heavy atom. The molecule has 0 aromatic heterocycles. The van der Waals surface area contributed by atoms with E-state index < -0.39 is 0 Å². The van der Waals surface area contributed by atoms with Crippen molar-refractivity contribution in [2.24, 2.45) is 0 Å². The van der Waals surface area contributed by atoms with Crippen LogP contribution in [0.3, 0.4) is 0 Å². The molecule has 0 saturated carbocycles. The van der Waals surface area contributed by atoms with Crippen molar-refractivity contribution in [2.45, 2.75) is 19.1 Å². The summed E-state index contributed by atoms with van der Waals surface area (Å²) in [7, 11) is 3.29. The number of carbonyl (C=O) groups is 1. The highest BCUT2D eigenvalue weighted by molar-refractivity contribution is 9.10. The molecule has 1 aromatic carbocycles. The number of rotatable bonds is 3. The number of ether oxygens (including phenoxy) is 2. The van der Waals surface area contributed by atoms with E-state index in [1.54, 1.807) is 19.1 Å². The number of likely N-dealkylation sites (tertiary alicyclic amines) is 1. The monoisotopic (exact) mass is 327 g/mol. The molecule has 2 atom stereocenters. The Labute approximate surface area is 121 Å². The van der Waals surface area contributed by atoms with Crippen molar-refractivity contribution in [3.05, 3.63) is 33.8 Å². The molecule has 104 valence electrons. The Morgan fingerprint density at radius 1 is 1.26 bits per heavy atom. The standard InChI is InChI=1S/C14H18BrNO3/c1-9-4-5-10(11(15)6-9)14(17)16-7-12(18-2)13(8-16)19-3/h4-6,12-13H,7-8H2,1-3H3. The number of hydrogen-bond acceptors (Lipinski definition) is 3. The van der Waals surface area contributed by atoms with Crippen LogP contribution in [0.15, 0.2) is 22.7 Å². The predicted molar refractivity (Wildman–Crippen MR) is 76.4 cm³/mol. The van der Waals surface area contributed by atoms with Gasteiger partial charge in [-0.15, -0.1) is 0 Å². The highest BCUT2D eigenvalue weighted by atomic mass is 79.9. The molecule has 1 aliphatic heterocycles. The third-order valence-electron chi connectivity index (χ3n) is 3.46. The summed E-state index contributed by atoms with van der Waals surface area (Å²) in [6.07, 6.45) is -0.114. The van der Waals surface area contributed by atoms with E-state index >= 15 is 0 Å². The Bertz CT molecular complexity index is 466. The highest BCUT2D eigenvalue weighted by Crippen LogP contribution is 2.23. The van der Waals surface area contributed by atoms with Crippen LogP contribution >= 0.6 is 15.9 Å². The zero-order valence-corrected chi connectivity index (χ0v) is 12.9. The molecule has 19 heavy (non-hydrogen) atoms. The van der Waals surface area contributed by atoms with Gasteiger partial charge in [0.1, 0.15) is 12.2 Å². The van der Waals surface area contributed by atoms with Crippen LogP contribution in [0, 0.1) is 6.92 Å². The number of aryl methyl sites for hydroxylation is 1. The molecule has 0 radical (unpaired) electrons. The van der Waals surface area contributed by atoms with E-state index in [1.165, 1.54) is 0 Å². The lowest BCUT2D eigenvalue weighted by Crippen LogP contribution is -2.30. The van der Waals surface area contributed by atoms with E-state index in [4.69, 9.17) is 9.47 Å². The normalized spacial score (nSPS) is 22.8. The van der Waals surface area contributed by atoms with Crippen LogP contribution in [0.4, 0.5) is 0 Å². The average Bonchev–Trinajstić information content (AvgIpc) is 2.81. The Kier molecular flexibility index (Phi) is 4.60. The second-order valence-electron chi connectivity index (χ2n) is 4.74. The molecule has 2 unspecified atom stereocenters. The maximum absolute atomic E-state index is 12.5. The van der Waals surface area contributed by atoms with Crippen molar-refractivity contribution < 1.29 is 14.3 Å². The maximum Gasteiger partial charge on any atom is 0.255 e.